The van der Waals surface area contributed by atoms with Crippen LogP contribution in [0.5, 0.6) is 0 Å². The lowest BCUT2D eigenvalue weighted by molar-refractivity contribution is -0.252. The molecular formula is C7H11F3N2O. The van der Waals surface area contributed by atoms with E-state index in [1.165, 1.54) is 11.8 Å². The van der Waals surface area contributed by atoms with Crippen LogP contribution in [0.15, 0.2) is 0 Å². The smallest absolute Gasteiger partial charge is 0.340 e. The molecular weight excluding hydrogens is 185 g/mol. The number of piperazine rings is 1. The van der Waals surface area contributed by atoms with Crippen LogP contribution in [0.3, 0.4) is 0 Å². The molecule has 1 heterocycles. The standard InChI is InChI=1S/C7H11F3N2O/c1-6(13)11-2-4-12(5-3-11)7(8,9)10/h2-5H2,1H3. The minimum Gasteiger partial charge on any atom is -0.340 e. The molecule has 1 fully saturated rings. The summed E-state index contributed by atoms with van der Waals surface area (Å²) in [5.41, 5.74) is 0. The molecule has 0 radical (unpaired) electrons. The van der Waals surface area contributed by atoms with Crippen LogP contribution < -0.4 is 0 Å². The van der Waals surface area contributed by atoms with Crippen molar-refractivity contribution in [2.75, 3.05) is 26.2 Å². The highest BCUT2D eigenvalue weighted by atomic mass is 19.4. The molecule has 6 heteroatoms. The van der Waals surface area contributed by atoms with Crippen LogP contribution in [0.25, 0.3) is 0 Å². The SMILES string of the molecule is CC(=O)N1CCN(C(F)(F)F)CC1. The van der Waals surface area contributed by atoms with Crippen LogP contribution in [0, 0.1) is 0 Å². The van der Waals surface area contributed by atoms with Gasteiger partial charge in [0, 0.05) is 33.1 Å². The molecule has 0 aromatic rings. The zero-order chi connectivity index (χ0) is 10.1. The van der Waals surface area contributed by atoms with Gasteiger partial charge in [0.15, 0.2) is 0 Å². The molecule has 1 rings (SSSR count). The molecule has 1 aliphatic rings. The van der Waals surface area contributed by atoms with Crippen molar-refractivity contribution < 1.29 is 18.0 Å². The molecule has 0 bridgehead atoms. The predicted octanol–water partition coefficient (Wildman–Crippen LogP) is 0.670. The van der Waals surface area contributed by atoms with Gasteiger partial charge in [-0.1, -0.05) is 0 Å². The Hall–Kier alpha value is -0.780. The van der Waals surface area contributed by atoms with E-state index in [0.29, 0.717) is 4.90 Å². The predicted molar refractivity (Wildman–Crippen MR) is 39.9 cm³/mol. The summed E-state index contributed by atoms with van der Waals surface area (Å²) in [5.74, 6) is -0.165. The van der Waals surface area contributed by atoms with Crippen LogP contribution in [0.1, 0.15) is 6.92 Å². The van der Waals surface area contributed by atoms with E-state index in [-0.39, 0.29) is 32.1 Å². The maximum Gasteiger partial charge on any atom is 0.460 e. The molecule has 1 aliphatic heterocycles. The Morgan fingerprint density at radius 1 is 1.15 bits per heavy atom. The van der Waals surface area contributed by atoms with E-state index in [2.05, 4.69) is 0 Å². The van der Waals surface area contributed by atoms with Crippen molar-refractivity contribution in [3.63, 3.8) is 0 Å². The number of amides is 1. The molecule has 0 aliphatic carbocycles. The molecule has 0 N–H and O–H groups in total. The van der Waals surface area contributed by atoms with Crippen molar-refractivity contribution >= 4 is 5.91 Å². The molecule has 76 valence electrons. The second-order valence-corrected chi connectivity index (χ2v) is 2.96. The first-order chi connectivity index (χ1) is 5.91. The van der Waals surface area contributed by atoms with E-state index in [4.69, 9.17) is 0 Å². The molecule has 0 saturated carbocycles. The van der Waals surface area contributed by atoms with E-state index in [9.17, 15) is 18.0 Å². The average Bonchev–Trinajstić information content (AvgIpc) is 2.03. The zero-order valence-corrected chi connectivity index (χ0v) is 7.26. The summed E-state index contributed by atoms with van der Waals surface area (Å²) in [4.78, 5) is 12.6. The van der Waals surface area contributed by atoms with Crippen molar-refractivity contribution in [1.82, 2.24) is 9.80 Å². The van der Waals surface area contributed by atoms with Crippen LogP contribution >= 0.6 is 0 Å². The van der Waals surface area contributed by atoms with Gasteiger partial charge in [-0.05, 0) is 0 Å². The maximum absolute atomic E-state index is 12.1. The van der Waals surface area contributed by atoms with Crippen LogP contribution in [0.4, 0.5) is 13.2 Å². The first kappa shape index (κ1) is 10.3. The minimum absolute atomic E-state index is 0.122. The molecule has 3 nitrogen and oxygen atoms in total. The number of halogens is 3. The van der Waals surface area contributed by atoms with Gasteiger partial charge in [-0.25, -0.2) is 4.90 Å². The van der Waals surface area contributed by atoms with Crippen molar-refractivity contribution in [2.24, 2.45) is 0 Å². The molecule has 0 spiro atoms. The molecule has 0 aromatic carbocycles. The van der Waals surface area contributed by atoms with Gasteiger partial charge in [0.05, 0.1) is 0 Å². The van der Waals surface area contributed by atoms with Gasteiger partial charge in [0.25, 0.3) is 0 Å². The fourth-order valence-electron chi connectivity index (χ4n) is 1.27. The lowest BCUT2D eigenvalue weighted by atomic mass is 10.3. The molecule has 0 atom stereocenters. The Morgan fingerprint density at radius 2 is 1.62 bits per heavy atom. The fraction of sp³-hybridized carbons (Fsp3) is 0.857. The number of carbonyl (C=O) groups is 1. The van der Waals surface area contributed by atoms with Gasteiger partial charge in [-0.2, -0.15) is 13.2 Å². The van der Waals surface area contributed by atoms with Gasteiger partial charge < -0.3 is 4.90 Å². The summed E-state index contributed by atoms with van der Waals surface area (Å²) in [6.45, 7) is 1.44. The van der Waals surface area contributed by atoms with E-state index in [1.807, 2.05) is 0 Å². The van der Waals surface area contributed by atoms with E-state index >= 15 is 0 Å². The molecule has 0 aromatic heterocycles. The summed E-state index contributed by atoms with van der Waals surface area (Å²) < 4.78 is 36.3. The third-order valence-electron chi connectivity index (χ3n) is 2.08. The second kappa shape index (κ2) is 3.53. The largest absolute Gasteiger partial charge is 0.460 e. The van der Waals surface area contributed by atoms with Crippen molar-refractivity contribution in [3.05, 3.63) is 0 Å². The third kappa shape index (κ3) is 2.58. The molecule has 13 heavy (non-hydrogen) atoms. The highest BCUT2D eigenvalue weighted by Crippen LogP contribution is 2.22. The number of carbonyl (C=O) groups excluding carboxylic acids is 1. The Labute approximate surface area is 74.1 Å². The minimum atomic E-state index is -4.26. The maximum atomic E-state index is 12.1. The first-order valence-corrected chi connectivity index (χ1v) is 3.98. The monoisotopic (exact) mass is 196 g/mol. The van der Waals surface area contributed by atoms with Gasteiger partial charge in [-0.3, -0.25) is 4.79 Å². The summed E-state index contributed by atoms with van der Waals surface area (Å²) in [7, 11) is 0. The van der Waals surface area contributed by atoms with Crippen LogP contribution in [-0.4, -0.2) is 48.2 Å². The lowest BCUT2D eigenvalue weighted by Crippen LogP contribution is -2.52. The highest BCUT2D eigenvalue weighted by molar-refractivity contribution is 5.73. The third-order valence-corrected chi connectivity index (χ3v) is 2.08. The normalized spacial score (nSPS) is 20.5. The summed E-state index contributed by atoms with van der Waals surface area (Å²) in [5, 5.41) is 0. The summed E-state index contributed by atoms with van der Waals surface area (Å²) in [6.07, 6.45) is -4.26. The topological polar surface area (TPSA) is 23.6 Å². The Bertz CT molecular complexity index is 196. The fourth-order valence-corrected chi connectivity index (χ4v) is 1.27. The van der Waals surface area contributed by atoms with Crippen LogP contribution in [0.2, 0.25) is 0 Å². The van der Waals surface area contributed by atoms with Crippen molar-refractivity contribution in [3.8, 4) is 0 Å². The molecule has 0 unspecified atom stereocenters. The number of alkyl halides is 3. The van der Waals surface area contributed by atoms with Gasteiger partial charge in [-0.15, -0.1) is 0 Å². The average molecular weight is 196 g/mol. The Balaban J connectivity index is 2.44. The zero-order valence-electron chi connectivity index (χ0n) is 7.26. The second-order valence-electron chi connectivity index (χ2n) is 2.96. The van der Waals surface area contributed by atoms with Gasteiger partial charge in [0.2, 0.25) is 5.91 Å². The summed E-state index contributed by atoms with van der Waals surface area (Å²) >= 11 is 0. The summed E-state index contributed by atoms with van der Waals surface area (Å²) in [6, 6.07) is 0. The Morgan fingerprint density at radius 3 is 1.92 bits per heavy atom. The van der Waals surface area contributed by atoms with E-state index in [1.54, 1.807) is 0 Å². The van der Waals surface area contributed by atoms with Gasteiger partial charge in [0.1, 0.15) is 0 Å². The molecule has 1 amide bonds. The first-order valence-electron chi connectivity index (χ1n) is 3.98. The number of rotatable bonds is 0. The highest BCUT2D eigenvalue weighted by Gasteiger charge is 2.38. The lowest BCUT2D eigenvalue weighted by Gasteiger charge is -2.34. The van der Waals surface area contributed by atoms with E-state index < -0.39 is 6.30 Å². The van der Waals surface area contributed by atoms with Gasteiger partial charge >= 0.3 is 6.30 Å². The number of hydrogen-bond donors (Lipinski definition) is 0. The van der Waals surface area contributed by atoms with Crippen LogP contribution in [-0.2, 0) is 4.79 Å². The van der Waals surface area contributed by atoms with Crippen molar-refractivity contribution in [2.45, 2.75) is 13.2 Å². The Kier molecular flexibility index (Phi) is 2.80. The number of hydrogen-bond acceptors (Lipinski definition) is 2. The molecule has 1 saturated heterocycles. The quantitative estimate of drug-likeness (QED) is 0.532. The van der Waals surface area contributed by atoms with E-state index in [0.717, 1.165) is 0 Å². The number of nitrogens with zero attached hydrogens (tertiary/aromatic N) is 2. The van der Waals surface area contributed by atoms with Crippen molar-refractivity contribution in [1.29, 1.82) is 0 Å².